The van der Waals surface area contributed by atoms with Crippen molar-refractivity contribution in [2.75, 3.05) is 27.4 Å². The van der Waals surface area contributed by atoms with Crippen LogP contribution in [0.15, 0.2) is 30.3 Å². The van der Waals surface area contributed by atoms with E-state index < -0.39 is 0 Å². The summed E-state index contributed by atoms with van der Waals surface area (Å²) in [6, 6.07) is 11.2. The average Bonchev–Trinajstić information content (AvgIpc) is 2.63. The monoisotopic (exact) mass is 347 g/mol. The SMILES string of the molecule is COC(CCC(=O)C1CC2COCC(C1)N2Cc1ccccc1)OC. The van der Waals surface area contributed by atoms with E-state index in [1.165, 1.54) is 5.56 Å². The highest BCUT2D eigenvalue weighted by Crippen LogP contribution is 2.34. The Morgan fingerprint density at radius 2 is 1.80 bits per heavy atom. The van der Waals surface area contributed by atoms with Gasteiger partial charge in [-0.05, 0) is 18.4 Å². The molecule has 2 heterocycles. The summed E-state index contributed by atoms with van der Waals surface area (Å²) in [6.07, 6.45) is 2.65. The highest BCUT2D eigenvalue weighted by molar-refractivity contribution is 5.81. The predicted molar refractivity (Wildman–Crippen MR) is 95.2 cm³/mol. The Kier molecular flexibility index (Phi) is 6.59. The van der Waals surface area contributed by atoms with Crippen LogP contribution in [0.1, 0.15) is 31.2 Å². The number of carbonyl (C=O) groups is 1. The maximum Gasteiger partial charge on any atom is 0.157 e. The van der Waals surface area contributed by atoms with Crippen LogP contribution < -0.4 is 0 Å². The summed E-state index contributed by atoms with van der Waals surface area (Å²) in [7, 11) is 3.23. The number of morpholine rings is 1. The molecule has 0 spiro atoms. The van der Waals surface area contributed by atoms with Crippen molar-refractivity contribution < 1.29 is 19.0 Å². The molecule has 5 nitrogen and oxygen atoms in total. The first-order valence-electron chi connectivity index (χ1n) is 9.17. The predicted octanol–water partition coefficient (Wildman–Crippen LogP) is 2.63. The van der Waals surface area contributed by atoms with Crippen molar-refractivity contribution in [2.45, 2.75) is 50.6 Å². The lowest BCUT2D eigenvalue weighted by molar-refractivity contribution is -0.138. The van der Waals surface area contributed by atoms with Crippen molar-refractivity contribution in [3.05, 3.63) is 35.9 Å². The standard InChI is InChI=1S/C20H29NO4/c1-23-20(24-2)9-8-19(22)16-10-17-13-25-14-18(11-16)21(17)12-15-6-4-3-5-7-15/h3-7,16-18,20H,8-14H2,1-2H3. The Morgan fingerprint density at radius 3 is 2.40 bits per heavy atom. The van der Waals surface area contributed by atoms with Gasteiger partial charge in [0.15, 0.2) is 6.29 Å². The van der Waals surface area contributed by atoms with E-state index in [1.54, 1.807) is 14.2 Å². The van der Waals surface area contributed by atoms with E-state index in [9.17, 15) is 4.79 Å². The largest absolute Gasteiger partial charge is 0.378 e. The molecule has 0 saturated carbocycles. The number of nitrogens with zero attached hydrogens (tertiary/aromatic N) is 1. The van der Waals surface area contributed by atoms with E-state index in [0.29, 0.717) is 30.7 Å². The lowest BCUT2D eigenvalue weighted by Crippen LogP contribution is -2.57. The summed E-state index contributed by atoms with van der Waals surface area (Å²) in [5.41, 5.74) is 1.33. The number of ether oxygens (including phenoxy) is 3. The van der Waals surface area contributed by atoms with Gasteiger partial charge in [-0.1, -0.05) is 30.3 Å². The zero-order valence-corrected chi connectivity index (χ0v) is 15.2. The molecule has 2 aliphatic heterocycles. The summed E-state index contributed by atoms with van der Waals surface area (Å²) in [4.78, 5) is 15.2. The van der Waals surface area contributed by atoms with E-state index in [2.05, 4.69) is 29.2 Å². The Morgan fingerprint density at radius 1 is 1.16 bits per heavy atom. The minimum absolute atomic E-state index is 0.139. The maximum absolute atomic E-state index is 12.7. The molecular formula is C20H29NO4. The number of rotatable bonds is 8. The van der Waals surface area contributed by atoms with Crippen LogP contribution in [0.4, 0.5) is 0 Å². The Bertz CT molecular complexity index is 532. The van der Waals surface area contributed by atoms with Gasteiger partial charge < -0.3 is 14.2 Å². The fraction of sp³-hybridized carbons (Fsp3) is 0.650. The molecule has 1 aromatic carbocycles. The summed E-state index contributed by atoms with van der Waals surface area (Å²) in [5, 5.41) is 0. The van der Waals surface area contributed by atoms with Gasteiger partial charge in [0, 0.05) is 51.6 Å². The van der Waals surface area contributed by atoms with E-state index in [4.69, 9.17) is 14.2 Å². The minimum atomic E-state index is -0.287. The number of hydrogen-bond acceptors (Lipinski definition) is 5. The maximum atomic E-state index is 12.7. The van der Waals surface area contributed by atoms with Gasteiger partial charge in [0.05, 0.1) is 13.2 Å². The fourth-order valence-corrected chi connectivity index (χ4v) is 4.10. The highest BCUT2D eigenvalue weighted by Gasteiger charge is 2.40. The molecular weight excluding hydrogens is 318 g/mol. The molecule has 138 valence electrons. The second kappa shape index (κ2) is 8.90. The van der Waals surface area contributed by atoms with Crippen LogP contribution in [0.2, 0.25) is 0 Å². The van der Waals surface area contributed by atoms with Gasteiger partial charge in [-0.25, -0.2) is 0 Å². The van der Waals surface area contributed by atoms with Gasteiger partial charge in [0.1, 0.15) is 5.78 Å². The number of carbonyl (C=O) groups excluding carboxylic acids is 1. The molecule has 0 aromatic heterocycles. The number of fused-ring (bicyclic) bond motifs is 2. The van der Waals surface area contributed by atoms with Gasteiger partial charge in [-0.3, -0.25) is 9.69 Å². The van der Waals surface area contributed by atoms with Gasteiger partial charge in [0.2, 0.25) is 0 Å². The van der Waals surface area contributed by atoms with Crippen LogP contribution >= 0.6 is 0 Å². The third-order valence-electron chi connectivity index (χ3n) is 5.49. The number of ketones is 1. The van der Waals surface area contributed by atoms with E-state index >= 15 is 0 Å². The molecule has 0 N–H and O–H groups in total. The molecule has 2 fully saturated rings. The smallest absolute Gasteiger partial charge is 0.157 e. The normalized spacial score (nSPS) is 26.8. The first kappa shape index (κ1) is 18.5. The van der Waals surface area contributed by atoms with E-state index in [-0.39, 0.29) is 12.2 Å². The molecule has 25 heavy (non-hydrogen) atoms. The molecule has 0 aliphatic carbocycles. The van der Waals surface area contributed by atoms with Crippen LogP contribution in [0.5, 0.6) is 0 Å². The van der Waals surface area contributed by atoms with Crippen molar-refractivity contribution in [2.24, 2.45) is 5.92 Å². The molecule has 2 atom stereocenters. The van der Waals surface area contributed by atoms with Crippen molar-refractivity contribution in [1.82, 2.24) is 4.90 Å². The summed E-state index contributed by atoms with van der Waals surface area (Å²) >= 11 is 0. The zero-order chi connectivity index (χ0) is 17.6. The van der Waals surface area contributed by atoms with Gasteiger partial charge in [-0.15, -0.1) is 0 Å². The van der Waals surface area contributed by atoms with Gasteiger partial charge in [-0.2, -0.15) is 0 Å². The van der Waals surface area contributed by atoms with Crippen molar-refractivity contribution in [1.29, 1.82) is 0 Å². The first-order chi connectivity index (χ1) is 12.2. The Balaban J connectivity index is 1.58. The molecule has 3 rings (SSSR count). The van der Waals surface area contributed by atoms with E-state index in [0.717, 1.165) is 32.6 Å². The third kappa shape index (κ3) is 4.67. The van der Waals surface area contributed by atoms with Crippen LogP contribution in [0.3, 0.4) is 0 Å². The number of Topliss-reactive ketones (excluding diaryl/α,β-unsaturated/α-hetero) is 1. The highest BCUT2D eigenvalue weighted by atomic mass is 16.7. The van der Waals surface area contributed by atoms with Crippen molar-refractivity contribution in [3.8, 4) is 0 Å². The van der Waals surface area contributed by atoms with Crippen LogP contribution in [-0.2, 0) is 25.5 Å². The molecule has 2 unspecified atom stereocenters. The molecule has 0 radical (unpaired) electrons. The van der Waals surface area contributed by atoms with Crippen LogP contribution in [0, 0.1) is 5.92 Å². The first-order valence-corrected chi connectivity index (χ1v) is 9.17. The second-order valence-corrected chi connectivity index (χ2v) is 7.08. The lowest BCUT2D eigenvalue weighted by Gasteiger charge is -2.48. The molecule has 0 amide bonds. The Hall–Kier alpha value is -1.27. The average molecular weight is 347 g/mol. The van der Waals surface area contributed by atoms with Crippen LogP contribution in [0.25, 0.3) is 0 Å². The number of piperidine rings is 1. The summed E-state index contributed by atoms with van der Waals surface area (Å²) < 4.78 is 16.2. The lowest BCUT2D eigenvalue weighted by atomic mass is 9.81. The molecule has 1 aromatic rings. The zero-order valence-electron chi connectivity index (χ0n) is 15.2. The number of methoxy groups -OCH3 is 2. The summed E-state index contributed by atoms with van der Waals surface area (Å²) in [6.45, 7) is 2.40. The van der Waals surface area contributed by atoms with Crippen molar-refractivity contribution >= 4 is 5.78 Å². The molecule has 5 heteroatoms. The topological polar surface area (TPSA) is 48.0 Å². The number of benzene rings is 1. The van der Waals surface area contributed by atoms with E-state index in [1.807, 2.05) is 6.07 Å². The summed E-state index contributed by atoms with van der Waals surface area (Å²) in [5.74, 6) is 0.482. The third-order valence-corrected chi connectivity index (χ3v) is 5.49. The Labute approximate surface area is 150 Å². The van der Waals surface area contributed by atoms with Crippen LogP contribution in [-0.4, -0.2) is 56.5 Å². The number of hydrogen-bond donors (Lipinski definition) is 0. The molecule has 2 aliphatic rings. The second-order valence-electron chi connectivity index (χ2n) is 7.08. The fourth-order valence-electron chi connectivity index (χ4n) is 4.10. The molecule has 2 bridgehead atoms. The minimum Gasteiger partial charge on any atom is -0.378 e. The quantitative estimate of drug-likeness (QED) is 0.677. The van der Waals surface area contributed by atoms with Gasteiger partial charge in [0.25, 0.3) is 0 Å². The molecule has 2 saturated heterocycles. The van der Waals surface area contributed by atoms with Crippen molar-refractivity contribution in [3.63, 3.8) is 0 Å². The van der Waals surface area contributed by atoms with Gasteiger partial charge >= 0.3 is 0 Å².